The number of methoxy groups -OCH3 is 1. The first-order valence-electron chi connectivity index (χ1n) is 6.32. The summed E-state index contributed by atoms with van der Waals surface area (Å²) in [6.45, 7) is 4.03. The average molecular weight is 250 g/mol. The molecule has 4 nitrogen and oxygen atoms in total. The summed E-state index contributed by atoms with van der Waals surface area (Å²) < 4.78 is 5.25. The zero-order valence-corrected chi connectivity index (χ0v) is 11.2. The molecule has 4 heteroatoms. The van der Waals surface area contributed by atoms with Gasteiger partial charge < -0.3 is 15.4 Å². The second-order valence-electron chi connectivity index (χ2n) is 4.10. The first-order chi connectivity index (χ1) is 8.72. The van der Waals surface area contributed by atoms with Gasteiger partial charge in [-0.15, -0.1) is 0 Å². The number of amides is 1. The lowest BCUT2D eigenvalue weighted by molar-refractivity contribution is -0.130. The van der Waals surface area contributed by atoms with Crippen LogP contribution in [0.2, 0.25) is 0 Å². The Kier molecular flexibility index (Phi) is 6.22. The summed E-state index contributed by atoms with van der Waals surface area (Å²) >= 11 is 0. The highest BCUT2D eigenvalue weighted by molar-refractivity contribution is 5.79. The Morgan fingerprint density at radius 2 is 2.11 bits per heavy atom. The zero-order chi connectivity index (χ0) is 13.4. The lowest BCUT2D eigenvalue weighted by atomic mass is 10.1. The van der Waals surface area contributed by atoms with Gasteiger partial charge in [0.15, 0.2) is 0 Å². The molecule has 0 aromatic heterocycles. The van der Waals surface area contributed by atoms with Gasteiger partial charge in [0.05, 0.1) is 13.5 Å². The molecule has 2 N–H and O–H groups in total. The summed E-state index contributed by atoms with van der Waals surface area (Å²) in [7, 11) is 1.62. The number of hydrogen-bond acceptors (Lipinski definition) is 3. The van der Waals surface area contributed by atoms with Crippen LogP contribution in [-0.4, -0.2) is 37.6 Å². The van der Waals surface area contributed by atoms with Crippen LogP contribution >= 0.6 is 0 Å². The molecule has 1 rings (SSSR count). The molecule has 18 heavy (non-hydrogen) atoms. The molecule has 0 atom stereocenters. The maximum atomic E-state index is 12.1. The van der Waals surface area contributed by atoms with Crippen molar-refractivity contribution < 1.29 is 9.53 Å². The second kappa shape index (κ2) is 7.71. The molecule has 0 fully saturated rings. The third-order valence-electron chi connectivity index (χ3n) is 2.90. The molecule has 0 aliphatic carbocycles. The predicted molar refractivity (Wildman–Crippen MR) is 72.6 cm³/mol. The predicted octanol–water partition coefficient (Wildman–Crippen LogP) is 1.43. The fourth-order valence-corrected chi connectivity index (χ4v) is 1.87. The van der Waals surface area contributed by atoms with E-state index in [0.29, 0.717) is 19.5 Å². The molecular formula is C14H22N2O2. The molecular weight excluding hydrogens is 228 g/mol. The van der Waals surface area contributed by atoms with Crippen LogP contribution in [0.3, 0.4) is 0 Å². The number of para-hydroxylation sites is 1. The van der Waals surface area contributed by atoms with E-state index in [1.807, 2.05) is 36.1 Å². The van der Waals surface area contributed by atoms with Crippen molar-refractivity contribution in [2.45, 2.75) is 19.8 Å². The summed E-state index contributed by atoms with van der Waals surface area (Å²) in [5.41, 5.74) is 6.40. The summed E-state index contributed by atoms with van der Waals surface area (Å²) in [6, 6.07) is 7.62. The van der Waals surface area contributed by atoms with E-state index in [9.17, 15) is 4.79 Å². The van der Waals surface area contributed by atoms with Crippen molar-refractivity contribution >= 4 is 5.91 Å². The first kappa shape index (κ1) is 14.5. The Morgan fingerprint density at radius 3 is 2.72 bits per heavy atom. The summed E-state index contributed by atoms with van der Waals surface area (Å²) in [5, 5.41) is 0. The van der Waals surface area contributed by atoms with Crippen molar-refractivity contribution in [1.29, 1.82) is 0 Å². The van der Waals surface area contributed by atoms with Gasteiger partial charge in [-0.1, -0.05) is 18.2 Å². The van der Waals surface area contributed by atoms with Gasteiger partial charge in [0.25, 0.3) is 0 Å². The largest absolute Gasteiger partial charge is 0.496 e. The summed E-state index contributed by atoms with van der Waals surface area (Å²) in [5.74, 6) is 0.885. The van der Waals surface area contributed by atoms with Gasteiger partial charge in [-0.3, -0.25) is 4.79 Å². The molecule has 100 valence electrons. The van der Waals surface area contributed by atoms with Gasteiger partial charge in [0.2, 0.25) is 5.91 Å². The number of nitrogens with zero attached hydrogens (tertiary/aromatic N) is 1. The molecule has 0 radical (unpaired) electrons. The van der Waals surface area contributed by atoms with Crippen molar-refractivity contribution in [2.24, 2.45) is 5.73 Å². The van der Waals surface area contributed by atoms with Gasteiger partial charge >= 0.3 is 0 Å². The van der Waals surface area contributed by atoms with E-state index in [0.717, 1.165) is 24.3 Å². The smallest absolute Gasteiger partial charge is 0.227 e. The number of ether oxygens (including phenoxy) is 1. The van der Waals surface area contributed by atoms with Crippen LogP contribution in [0.4, 0.5) is 0 Å². The van der Waals surface area contributed by atoms with E-state index in [1.165, 1.54) is 0 Å². The molecule has 0 aliphatic rings. The molecule has 1 aromatic rings. The molecule has 0 spiro atoms. The maximum Gasteiger partial charge on any atom is 0.227 e. The maximum absolute atomic E-state index is 12.1. The first-order valence-corrected chi connectivity index (χ1v) is 6.32. The number of carbonyl (C=O) groups excluding carboxylic acids is 1. The highest BCUT2D eigenvalue weighted by atomic mass is 16.5. The Labute approximate surface area is 109 Å². The minimum Gasteiger partial charge on any atom is -0.496 e. The zero-order valence-electron chi connectivity index (χ0n) is 11.2. The van der Waals surface area contributed by atoms with E-state index in [-0.39, 0.29) is 5.91 Å². The lowest BCUT2D eigenvalue weighted by Gasteiger charge is -2.21. The van der Waals surface area contributed by atoms with Crippen molar-refractivity contribution in [3.8, 4) is 5.75 Å². The molecule has 0 unspecified atom stereocenters. The lowest BCUT2D eigenvalue weighted by Crippen LogP contribution is -2.34. The minimum absolute atomic E-state index is 0.121. The Balaban J connectivity index is 2.67. The van der Waals surface area contributed by atoms with Gasteiger partial charge in [-0.25, -0.2) is 0 Å². The van der Waals surface area contributed by atoms with Crippen LogP contribution in [0.1, 0.15) is 18.9 Å². The molecule has 0 aliphatic heterocycles. The minimum atomic E-state index is 0.121. The standard InChI is InChI=1S/C14H22N2O2/c1-3-16(10-6-9-15)14(17)11-12-7-4-5-8-13(12)18-2/h4-5,7-8H,3,6,9-11,15H2,1-2H3. The normalized spacial score (nSPS) is 10.2. The van der Waals surface area contributed by atoms with E-state index in [4.69, 9.17) is 10.5 Å². The van der Waals surface area contributed by atoms with Crippen molar-refractivity contribution in [1.82, 2.24) is 4.90 Å². The Morgan fingerprint density at radius 1 is 1.39 bits per heavy atom. The molecule has 0 saturated heterocycles. The molecule has 1 aromatic carbocycles. The number of nitrogens with two attached hydrogens (primary N) is 1. The molecule has 0 bridgehead atoms. The van der Waals surface area contributed by atoms with Crippen LogP contribution in [0.5, 0.6) is 5.75 Å². The SMILES string of the molecule is CCN(CCCN)C(=O)Cc1ccccc1OC. The molecule has 0 heterocycles. The van der Waals surface area contributed by atoms with Gasteiger partial charge in [0, 0.05) is 18.7 Å². The van der Waals surface area contributed by atoms with Crippen LogP contribution in [0, 0.1) is 0 Å². The van der Waals surface area contributed by atoms with Crippen LogP contribution in [-0.2, 0) is 11.2 Å². The van der Waals surface area contributed by atoms with Crippen LogP contribution in [0.15, 0.2) is 24.3 Å². The third-order valence-corrected chi connectivity index (χ3v) is 2.90. The van der Waals surface area contributed by atoms with E-state index >= 15 is 0 Å². The van der Waals surface area contributed by atoms with E-state index in [2.05, 4.69) is 0 Å². The fourth-order valence-electron chi connectivity index (χ4n) is 1.87. The molecule has 1 amide bonds. The number of hydrogen-bond donors (Lipinski definition) is 1. The fraction of sp³-hybridized carbons (Fsp3) is 0.500. The van der Waals surface area contributed by atoms with Crippen LogP contribution in [0.25, 0.3) is 0 Å². The summed E-state index contributed by atoms with van der Waals surface area (Å²) in [6.07, 6.45) is 1.22. The quantitative estimate of drug-likeness (QED) is 0.796. The summed E-state index contributed by atoms with van der Waals surface area (Å²) in [4.78, 5) is 14.0. The van der Waals surface area contributed by atoms with E-state index < -0.39 is 0 Å². The monoisotopic (exact) mass is 250 g/mol. The average Bonchev–Trinajstić information content (AvgIpc) is 2.40. The van der Waals surface area contributed by atoms with Crippen molar-refractivity contribution in [3.05, 3.63) is 29.8 Å². The number of rotatable bonds is 7. The number of carbonyl (C=O) groups is 1. The van der Waals surface area contributed by atoms with Gasteiger partial charge in [0.1, 0.15) is 5.75 Å². The highest BCUT2D eigenvalue weighted by Gasteiger charge is 2.13. The van der Waals surface area contributed by atoms with Crippen molar-refractivity contribution in [2.75, 3.05) is 26.7 Å². The number of likely N-dealkylation sites (N-methyl/N-ethyl adjacent to an activating group) is 1. The Hall–Kier alpha value is -1.55. The molecule has 0 saturated carbocycles. The van der Waals surface area contributed by atoms with Gasteiger partial charge in [-0.05, 0) is 26.0 Å². The number of benzene rings is 1. The van der Waals surface area contributed by atoms with Crippen LogP contribution < -0.4 is 10.5 Å². The third kappa shape index (κ3) is 4.04. The van der Waals surface area contributed by atoms with E-state index in [1.54, 1.807) is 7.11 Å². The second-order valence-corrected chi connectivity index (χ2v) is 4.10. The highest BCUT2D eigenvalue weighted by Crippen LogP contribution is 2.18. The Bertz CT molecular complexity index is 380. The topological polar surface area (TPSA) is 55.6 Å². The van der Waals surface area contributed by atoms with Gasteiger partial charge in [-0.2, -0.15) is 0 Å². The van der Waals surface area contributed by atoms with Crippen molar-refractivity contribution in [3.63, 3.8) is 0 Å².